The molecule has 6 nitrogen and oxygen atoms in total. The third-order valence-electron chi connectivity index (χ3n) is 3.90. The van der Waals surface area contributed by atoms with Gasteiger partial charge in [0.25, 0.3) is 0 Å². The Balaban J connectivity index is 4.08. The molecule has 4 N–H and O–H groups in total. The molecule has 12 heteroatoms. The van der Waals surface area contributed by atoms with E-state index in [1.807, 2.05) is 0 Å². The van der Waals surface area contributed by atoms with Crippen molar-refractivity contribution >= 4 is 24.7 Å². The normalized spacial score (nSPS) is 14.3. The molecule has 0 aromatic heterocycles. The van der Waals surface area contributed by atoms with Gasteiger partial charge in [0.1, 0.15) is 0 Å². The topological polar surface area (TPSA) is 115 Å². The fourth-order valence-corrected chi connectivity index (χ4v) is 7.14. The Morgan fingerprint density at radius 3 is 1.36 bits per heavy atom. The maximum absolute atomic E-state index is 14.5. The molecule has 0 bridgehead atoms. The molecule has 146 valence electrons. The highest BCUT2D eigenvalue weighted by atomic mass is 32.3. The van der Waals surface area contributed by atoms with Crippen LogP contribution in [-0.4, -0.2) is 71.2 Å². The van der Waals surface area contributed by atoms with Crippen molar-refractivity contribution in [2.45, 2.75) is 9.79 Å². The summed E-state index contributed by atoms with van der Waals surface area (Å²) in [4.78, 5) is -3.46. The Morgan fingerprint density at radius 2 is 1.12 bits per heavy atom. The summed E-state index contributed by atoms with van der Waals surface area (Å²) in [7, 11) is -9.72. The highest BCUT2D eigenvalue weighted by molar-refractivity contribution is 8.46. The van der Waals surface area contributed by atoms with Crippen molar-refractivity contribution in [1.29, 1.82) is 0 Å². The van der Waals surface area contributed by atoms with Crippen molar-refractivity contribution in [3.8, 4) is 0 Å². The number of halogens is 4. The van der Waals surface area contributed by atoms with Gasteiger partial charge in [0, 0.05) is 17.3 Å². The molecule has 0 saturated heterocycles. The van der Waals surface area contributed by atoms with Crippen molar-refractivity contribution in [3.63, 3.8) is 0 Å². The summed E-state index contributed by atoms with van der Waals surface area (Å²) in [6.45, 7) is -2.19. The quantitative estimate of drug-likeness (QED) is 0.216. The van der Waals surface area contributed by atoms with Crippen LogP contribution in [0.1, 0.15) is 0 Å². The first-order chi connectivity index (χ1) is 11.4. The third kappa shape index (κ3) is 3.73. The number of rotatable bonds is 8. The summed E-state index contributed by atoms with van der Waals surface area (Å²) in [5, 5.41) is 27.7. The maximum atomic E-state index is 14.5. The van der Waals surface area contributed by atoms with Crippen molar-refractivity contribution in [3.05, 3.63) is 23.3 Å². The lowest BCUT2D eigenvalue weighted by Crippen LogP contribution is -2.30. The van der Waals surface area contributed by atoms with Gasteiger partial charge >= 0.3 is 10.1 Å². The summed E-state index contributed by atoms with van der Waals surface area (Å²) in [5.41, 5.74) is 0. The summed E-state index contributed by atoms with van der Waals surface area (Å²) in [6, 6.07) is 0. The number of hydrogen-bond donors (Lipinski definition) is 4. The average molecular weight is 410 g/mol. The van der Waals surface area contributed by atoms with Crippen LogP contribution in [0.15, 0.2) is 9.79 Å². The van der Waals surface area contributed by atoms with Gasteiger partial charge < -0.3 is 15.3 Å². The SMILES string of the molecule is C=S(CCO)(CCO)(CCO)c1c(F)c(F)c(S(=O)(=O)O)c(F)c1F. The van der Waals surface area contributed by atoms with Gasteiger partial charge in [-0.2, -0.15) is 8.42 Å². The zero-order chi connectivity index (χ0) is 19.7. The van der Waals surface area contributed by atoms with Crippen molar-refractivity contribution in [2.75, 3.05) is 37.1 Å². The molecule has 0 unspecified atom stereocenters. The van der Waals surface area contributed by atoms with E-state index in [4.69, 9.17) is 4.55 Å². The number of aliphatic hydroxyl groups is 3. The molecule has 0 aliphatic heterocycles. The molecule has 0 atom stereocenters. The summed E-state index contributed by atoms with van der Waals surface area (Å²) in [5.74, 6) is -6.80. The molecule has 0 fully saturated rings. The predicted octanol–water partition coefficient (Wildman–Crippen LogP) is 0.598. The molecule has 25 heavy (non-hydrogen) atoms. The molecule has 0 aliphatic carbocycles. The van der Waals surface area contributed by atoms with Crippen molar-refractivity contribution in [1.82, 2.24) is 0 Å². The maximum Gasteiger partial charge on any atom is 0.300 e. The van der Waals surface area contributed by atoms with Gasteiger partial charge in [-0.05, 0) is 0 Å². The second-order valence-electron chi connectivity index (χ2n) is 5.47. The molecule has 1 aromatic carbocycles. The van der Waals surface area contributed by atoms with E-state index in [2.05, 4.69) is 5.87 Å². The molecule has 0 radical (unpaired) electrons. The number of benzene rings is 1. The van der Waals surface area contributed by atoms with Crippen LogP contribution in [-0.2, 0) is 10.1 Å². The van der Waals surface area contributed by atoms with Crippen LogP contribution in [0.5, 0.6) is 0 Å². The molecule has 1 aromatic rings. The first-order valence-electron chi connectivity index (χ1n) is 6.78. The van der Waals surface area contributed by atoms with E-state index in [1.54, 1.807) is 0 Å². The smallest absolute Gasteiger partial charge is 0.300 e. The summed E-state index contributed by atoms with van der Waals surface area (Å²) < 4.78 is 88.1. The van der Waals surface area contributed by atoms with Crippen LogP contribution in [0.4, 0.5) is 17.6 Å². The first-order valence-corrected chi connectivity index (χ1v) is 10.9. The van der Waals surface area contributed by atoms with Gasteiger partial charge in [0.15, 0.2) is 28.2 Å². The van der Waals surface area contributed by atoms with Gasteiger partial charge in [-0.25, -0.2) is 26.3 Å². The van der Waals surface area contributed by atoms with Crippen molar-refractivity contribution < 1.29 is 45.9 Å². The monoisotopic (exact) mass is 410 g/mol. The van der Waals surface area contributed by atoms with Gasteiger partial charge in [-0.1, -0.05) is 5.87 Å². The zero-order valence-corrected chi connectivity index (χ0v) is 14.5. The Labute approximate surface area is 141 Å². The Kier molecular flexibility index (Phi) is 6.41. The fraction of sp³-hybridized carbons (Fsp3) is 0.462. The number of hydrogen-bond acceptors (Lipinski definition) is 5. The van der Waals surface area contributed by atoms with Crippen LogP contribution < -0.4 is 0 Å². The van der Waals surface area contributed by atoms with E-state index in [0.717, 1.165) is 0 Å². The summed E-state index contributed by atoms with van der Waals surface area (Å²) >= 11 is 0. The average Bonchev–Trinajstić information content (AvgIpc) is 2.44. The van der Waals surface area contributed by atoms with E-state index in [-0.39, 0.29) is 0 Å². The second kappa shape index (κ2) is 7.29. The van der Waals surface area contributed by atoms with Crippen LogP contribution in [0, 0.1) is 23.3 Å². The Morgan fingerprint density at radius 1 is 0.800 bits per heavy atom. The highest BCUT2D eigenvalue weighted by Gasteiger charge is 2.42. The lowest BCUT2D eigenvalue weighted by atomic mass is 10.3. The minimum absolute atomic E-state index is 0.504. The van der Waals surface area contributed by atoms with Gasteiger partial charge in [0.2, 0.25) is 0 Å². The third-order valence-corrected chi connectivity index (χ3v) is 10.0. The Bertz CT molecular complexity index is 782. The van der Waals surface area contributed by atoms with E-state index < -0.39 is 89.0 Å². The molecule has 0 heterocycles. The van der Waals surface area contributed by atoms with E-state index in [0.29, 0.717) is 0 Å². The van der Waals surface area contributed by atoms with Crippen LogP contribution >= 0.6 is 8.75 Å². The van der Waals surface area contributed by atoms with Crippen molar-refractivity contribution in [2.24, 2.45) is 0 Å². The largest absolute Gasteiger partial charge is 0.396 e. The minimum atomic E-state index is -5.61. The molecule has 0 spiro atoms. The standard InChI is InChI=1S/C13H18F4O6S2/c1-25(5-2-18,6-3-19,7-4-20)13-10(16)8(14)12(24(21,22)23)9(15)11(13)17/h18-20H,1-7H2,(H,21,22,23). The number of aliphatic hydroxyl groups excluding tert-OH is 3. The lowest BCUT2D eigenvalue weighted by Gasteiger charge is -2.48. The summed E-state index contributed by atoms with van der Waals surface area (Å²) in [6.07, 6.45) is 0. The van der Waals surface area contributed by atoms with Crippen LogP contribution in [0.2, 0.25) is 0 Å². The lowest BCUT2D eigenvalue weighted by molar-refractivity contribution is 0.309. The molecule has 0 aliphatic rings. The minimum Gasteiger partial charge on any atom is -0.396 e. The van der Waals surface area contributed by atoms with E-state index in [1.165, 1.54) is 0 Å². The molecular formula is C13H18F4O6S2. The van der Waals surface area contributed by atoms with Crippen LogP contribution in [0.3, 0.4) is 0 Å². The first kappa shape index (κ1) is 22.0. The second-order valence-corrected chi connectivity index (χ2v) is 12.1. The zero-order valence-electron chi connectivity index (χ0n) is 12.9. The molecule has 0 saturated carbocycles. The predicted molar refractivity (Wildman–Crippen MR) is 84.9 cm³/mol. The fourth-order valence-electron chi connectivity index (χ4n) is 2.66. The highest BCUT2D eigenvalue weighted by Crippen LogP contribution is 2.65. The van der Waals surface area contributed by atoms with E-state index >= 15 is 0 Å². The van der Waals surface area contributed by atoms with Gasteiger partial charge in [-0.3, -0.25) is 4.55 Å². The van der Waals surface area contributed by atoms with E-state index in [9.17, 15) is 41.3 Å². The van der Waals surface area contributed by atoms with Gasteiger partial charge in [-0.15, -0.1) is 0 Å². The van der Waals surface area contributed by atoms with Gasteiger partial charge in [0.05, 0.1) is 24.7 Å². The molecule has 0 amide bonds. The molecule has 1 rings (SSSR count). The van der Waals surface area contributed by atoms with Crippen LogP contribution in [0.25, 0.3) is 0 Å². The Hall–Kier alpha value is -1.05. The molecular weight excluding hydrogens is 392 g/mol.